The predicted molar refractivity (Wildman–Crippen MR) is 76.2 cm³/mol. The van der Waals surface area contributed by atoms with E-state index >= 15 is 0 Å². The van der Waals surface area contributed by atoms with Gasteiger partial charge in [-0.25, -0.2) is 0 Å². The van der Waals surface area contributed by atoms with Gasteiger partial charge in [0.15, 0.2) is 0 Å². The van der Waals surface area contributed by atoms with Crippen LogP contribution in [0, 0.1) is 6.92 Å². The fourth-order valence-electron chi connectivity index (χ4n) is 1.92. The molecule has 0 saturated carbocycles. The second kappa shape index (κ2) is 4.53. The molecule has 0 radical (unpaired) electrons. The third-order valence-corrected chi connectivity index (χ3v) is 3.05. The van der Waals surface area contributed by atoms with Gasteiger partial charge in [0.25, 0.3) is 5.91 Å². The van der Waals surface area contributed by atoms with Crippen LogP contribution in [-0.4, -0.2) is 15.7 Å². The number of hydrogen-bond donors (Lipinski definition) is 1. The van der Waals surface area contributed by atoms with Crippen molar-refractivity contribution in [1.29, 1.82) is 0 Å². The number of anilines is 1. The quantitative estimate of drug-likeness (QED) is 0.854. The number of rotatable bonds is 1. The van der Waals surface area contributed by atoms with E-state index in [4.69, 9.17) is 5.73 Å². The third-order valence-electron chi connectivity index (χ3n) is 3.05. The van der Waals surface area contributed by atoms with Crippen LogP contribution in [0.3, 0.4) is 0 Å². The first-order valence-electron chi connectivity index (χ1n) is 6.26. The van der Waals surface area contributed by atoms with E-state index in [9.17, 15) is 4.79 Å². The molecule has 1 heterocycles. The normalized spacial score (nSPS) is 11.6. The highest BCUT2D eigenvalue weighted by atomic mass is 16.2. The molecule has 1 aromatic carbocycles. The van der Waals surface area contributed by atoms with Crippen molar-refractivity contribution in [2.24, 2.45) is 0 Å². The lowest BCUT2D eigenvalue weighted by molar-refractivity contribution is 0.0947. The first-order valence-corrected chi connectivity index (χ1v) is 6.26. The Morgan fingerprint density at radius 3 is 2.21 bits per heavy atom. The Morgan fingerprint density at radius 1 is 1.21 bits per heavy atom. The van der Waals surface area contributed by atoms with Crippen LogP contribution in [0.1, 0.15) is 42.4 Å². The Balaban J connectivity index is 2.33. The minimum atomic E-state index is -0.203. The smallest absolute Gasteiger partial charge is 0.280 e. The summed E-state index contributed by atoms with van der Waals surface area (Å²) >= 11 is 0. The summed E-state index contributed by atoms with van der Waals surface area (Å²) < 4.78 is 1.24. The summed E-state index contributed by atoms with van der Waals surface area (Å²) in [5.41, 5.74) is 8.34. The van der Waals surface area contributed by atoms with Gasteiger partial charge in [-0.1, -0.05) is 32.9 Å². The second-order valence-electron chi connectivity index (χ2n) is 5.75. The zero-order valence-electron chi connectivity index (χ0n) is 11.8. The Morgan fingerprint density at radius 2 is 1.79 bits per heavy atom. The molecule has 19 heavy (non-hydrogen) atoms. The fraction of sp³-hybridized carbons (Fsp3) is 0.333. The molecule has 0 aliphatic heterocycles. The molecule has 1 aromatic heterocycles. The van der Waals surface area contributed by atoms with E-state index in [-0.39, 0.29) is 11.3 Å². The zero-order chi connectivity index (χ0) is 14.2. The molecule has 4 nitrogen and oxygen atoms in total. The highest BCUT2D eigenvalue weighted by molar-refractivity contribution is 5.97. The molecule has 2 aromatic rings. The number of aromatic nitrogens is 2. The molecular formula is C15H19N3O. The highest BCUT2D eigenvalue weighted by Gasteiger charge is 2.16. The number of nitrogens with two attached hydrogens (primary N) is 1. The monoisotopic (exact) mass is 257 g/mol. The summed E-state index contributed by atoms with van der Waals surface area (Å²) in [7, 11) is 0. The standard InChI is InChI=1S/C15H19N3O/c1-10-9-13(16)18(17-10)14(19)11-5-7-12(8-6-11)15(2,3)4/h5-9H,16H2,1-4H3. The molecule has 100 valence electrons. The number of carbonyl (C=O) groups excluding carboxylic acids is 1. The third kappa shape index (κ3) is 2.67. The van der Waals surface area contributed by atoms with Gasteiger partial charge in [0, 0.05) is 11.6 Å². The molecule has 0 atom stereocenters. The van der Waals surface area contributed by atoms with Gasteiger partial charge in [-0.3, -0.25) is 4.79 Å². The van der Waals surface area contributed by atoms with Crippen LogP contribution in [0.25, 0.3) is 0 Å². The molecule has 0 aliphatic rings. The lowest BCUT2D eigenvalue weighted by Crippen LogP contribution is -2.17. The average molecular weight is 257 g/mol. The SMILES string of the molecule is Cc1cc(N)n(C(=O)c2ccc(C(C)(C)C)cc2)n1. The largest absolute Gasteiger partial charge is 0.383 e. The maximum atomic E-state index is 12.3. The lowest BCUT2D eigenvalue weighted by Gasteiger charge is -2.18. The van der Waals surface area contributed by atoms with Gasteiger partial charge in [-0.05, 0) is 30.0 Å². The Labute approximate surface area is 113 Å². The van der Waals surface area contributed by atoms with Crippen molar-refractivity contribution in [1.82, 2.24) is 9.78 Å². The van der Waals surface area contributed by atoms with Crippen LogP contribution in [0.5, 0.6) is 0 Å². The van der Waals surface area contributed by atoms with Gasteiger partial charge in [0.1, 0.15) is 5.82 Å². The van der Waals surface area contributed by atoms with E-state index in [0.29, 0.717) is 11.4 Å². The number of hydrogen-bond acceptors (Lipinski definition) is 3. The first kappa shape index (κ1) is 13.3. The van der Waals surface area contributed by atoms with Crippen molar-refractivity contribution in [3.63, 3.8) is 0 Å². The summed E-state index contributed by atoms with van der Waals surface area (Å²) in [6.45, 7) is 8.22. The molecule has 0 bridgehead atoms. The average Bonchev–Trinajstić information content (AvgIpc) is 2.66. The fourth-order valence-corrected chi connectivity index (χ4v) is 1.92. The van der Waals surface area contributed by atoms with E-state index in [1.807, 2.05) is 31.2 Å². The van der Waals surface area contributed by atoms with Crippen LogP contribution >= 0.6 is 0 Å². The van der Waals surface area contributed by atoms with E-state index < -0.39 is 0 Å². The molecule has 4 heteroatoms. The van der Waals surface area contributed by atoms with E-state index in [1.165, 1.54) is 10.2 Å². The predicted octanol–water partition coefficient (Wildman–Crippen LogP) is 2.76. The number of benzene rings is 1. The number of nitrogen functional groups attached to an aromatic ring is 1. The molecule has 0 saturated heterocycles. The highest BCUT2D eigenvalue weighted by Crippen LogP contribution is 2.22. The van der Waals surface area contributed by atoms with Crippen molar-refractivity contribution in [3.05, 3.63) is 47.2 Å². The zero-order valence-corrected chi connectivity index (χ0v) is 11.8. The van der Waals surface area contributed by atoms with Crippen LogP contribution < -0.4 is 5.73 Å². The van der Waals surface area contributed by atoms with E-state index in [1.54, 1.807) is 6.07 Å². The summed E-state index contributed by atoms with van der Waals surface area (Å²) in [5, 5.41) is 4.10. The molecule has 0 amide bonds. The maximum Gasteiger partial charge on any atom is 0.280 e. The molecule has 2 N–H and O–H groups in total. The minimum absolute atomic E-state index is 0.0723. The Kier molecular flexibility index (Phi) is 3.18. The van der Waals surface area contributed by atoms with E-state index in [2.05, 4.69) is 25.9 Å². The number of carbonyl (C=O) groups is 1. The topological polar surface area (TPSA) is 60.9 Å². The molecular weight excluding hydrogens is 238 g/mol. The van der Waals surface area contributed by atoms with Gasteiger partial charge in [0.2, 0.25) is 0 Å². The van der Waals surface area contributed by atoms with Gasteiger partial charge in [0.05, 0.1) is 5.69 Å². The Hall–Kier alpha value is -2.10. The summed E-state index contributed by atoms with van der Waals surface area (Å²) in [6.07, 6.45) is 0. The van der Waals surface area contributed by atoms with E-state index in [0.717, 1.165) is 5.69 Å². The summed E-state index contributed by atoms with van der Waals surface area (Å²) in [4.78, 5) is 12.3. The summed E-state index contributed by atoms with van der Waals surface area (Å²) in [5.74, 6) is 0.161. The van der Waals surface area contributed by atoms with Crippen LogP contribution in [-0.2, 0) is 5.41 Å². The summed E-state index contributed by atoms with van der Waals surface area (Å²) in [6, 6.07) is 9.26. The maximum absolute atomic E-state index is 12.3. The van der Waals surface area contributed by atoms with Gasteiger partial charge in [-0.15, -0.1) is 0 Å². The van der Waals surface area contributed by atoms with Gasteiger partial charge >= 0.3 is 0 Å². The van der Waals surface area contributed by atoms with Crippen molar-refractivity contribution in [3.8, 4) is 0 Å². The first-order chi connectivity index (χ1) is 8.79. The minimum Gasteiger partial charge on any atom is -0.383 e. The number of nitrogens with zero attached hydrogens (tertiary/aromatic N) is 2. The van der Waals surface area contributed by atoms with Crippen LogP contribution in [0.4, 0.5) is 5.82 Å². The van der Waals surface area contributed by atoms with Crippen molar-refractivity contribution < 1.29 is 4.79 Å². The lowest BCUT2D eigenvalue weighted by atomic mass is 9.87. The second-order valence-corrected chi connectivity index (χ2v) is 5.75. The number of aryl methyl sites for hydroxylation is 1. The molecule has 0 spiro atoms. The van der Waals surface area contributed by atoms with Crippen LogP contribution in [0.2, 0.25) is 0 Å². The van der Waals surface area contributed by atoms with Gasteiger partial charge in [-0.2, -0.15) is 9.78 Å². The molecule has 0 aliphatic carbocycles. The van der Waals surface area contributed by atoms with Crippen molar-refractivity contribution >= 4 is 11.7 Å². The van der Waals surface area contributed by atoms with Gasteiger partial charge < -0.3 is 5.73 Å². The Bertz CT molecular complexity index is 603. The molecule has 0 fully saturated rings. The van der Waals surface area contributed by atoms with Crippen molar-refractivity contribution in [2.75, 3.05) is 5.73 Å². The van der Waals surface area contributed by atoms with Crippen molar-refractivity contribution in [2.45, 2.75) is 33.1 Å². The molecule has 2 rings (SSSR count). The molecule has 0 unspecified atom stereocenters. The van der Waals surface area contributed by atoms with Crippen LogP contribution in [0.15, 0.2) is 30.3 Å².